The number of halogens is 3. The van der Waals surface area contributed by atoms with Gasteiger partial charge in [0, 0.05) is 25.8 Å². The summed E-state index contributed by atoms with van der Waals surface area (Å²) in [5.74, 6) is -0.672. The van der Waals surface area contributed by atoms with Gasteiger partial charge in [-0.1, -0.05) is 24.3 Å². The summed E-state index contributed by atoms with van der Waals surface area (Å²) in [5, 5.41) is 8.68. The zero-order chi connectivity index (χ0) is 27.7. The van der Waals surface area contributed by atoms with Crippen LogP contribution in [0.25, 0.3) is 5.69 Å². The molecule has 1 heterocycles. The van der Waals surface area contributed by atoms with Gasteiger partial charge in [-0.2, -0.15) is 18.3 Å². The SMILES string of the molecule is CCOc1ccccc1C(=O)NCCNC(=O)c1cn(-c2ccccc2OCCN(C)C)nc1C(F)(F)F. The lowest BCUT2D eigenvalue weighted by Gasteiger charge is -2.14. The highest BCUT2D eigenvalue weighted by Gasteiger charge is 2.39. The van der Waals surface area contributed by atoms with E-state index in [0.29, 0.717) is 36.8 Å². The molecule has 0 fully saturated rings. The first-order valence-electron chi connectivity index (χ1n) is 11.9. The highest BCUT2D eigenvalue weighted by Crippen LogP contribution is 2.32. The Balaban J connectivity index is 1.70. The molecule has 0 radical (unpaired) electrons. The van der Waals surface area contributed by atoms with Crippen molar-refractivity contribution in [1.29, 1.82) is 0 Å². The highest BCUT2D eigenvalue weighted by atomic mass is 19.4. The molecule has 0 atom stereocenters. The van der Waals surface area contributed by atoms with Gasteiger partial charge >= 0.3 is 6.18 Å². The number of ether oxygens (including phenoxy) is 2. The van der Waals surface area contributed by atoms with Crippen LogP contribution in [-0.2, 0) is 6.18 Å². The van der Waals surface area contributed by atoms with Crippen LogP contribution in [0.5, 0.6) is 11.5 Å². The lowest BCUT2D eigenvalue weighted by atomic mass is 10.2. The van der Waals surface area contributed by atoms with Gasteiger partial charge < -0.3 is 25.0 Å². The van der Waals surface area contributed by atoms with Gasteiger partial charge in [0.1, 0.15) is 23.8 Å². The van der Waals surface area contributed by atoms with E-state index in [2.05, 4.69) is 15.7 Å². The zero-order valence-electron chi connectivity index (χ0n) is 21.3. The number of alkyl halides is 3. The third-order valence-electron chi connectivity index (χ3n) is 5.26. The van der Waals surface area contributed by atoms with Crippen molar-refractivity contribution < 1.29 is 32.2 Å². The molecule has 12 heteroatoms. The second kappa shape index (κ2) is 13.0. The van der Waals surface area contributed by atoms with Gasteiger partial charge in [-0.3, -0.25) is 9.59 Å². The summed E-state index contributed by atoms with van der Waals surface area (Å²) in [7, 11) is 3.74. The number of carbonyl (C=O) groups excluding carboxylic acids is 2. The van der Waals surface area contributed by atoms with Crippen LogP contribution < -0.4 is 20.1 Å². The number of hydrogen-bond acceptors (Lipinski definition) is 6. The number of amides is 2. The number of para-hydroxylation sites is 3. The molecule has 0 saturated carbocycles. The first kappa shape index (κ1) is 28.5. The summed E-state index contributed by atoms with van der Waals surface area (Å²) in [5.41, 5.74) is -1.40. The molecule has 3 rings (SSSR count). The quantitative estimate of drug-likeness (QED) is 0.347. The topological polar surface area (TPSA) is 97.7 Å². The van der Waals surface area contributed by atoms with Gasteiger partial charge in [0.2, 0.25) is 0 Å². The average molecular weight is 534 g/mol. The molecule has 0 aliphatic rings. The molecule has 204 valence electrons. The van der Waals surface area contributed by atoms with Crippen molar-refractivity contribution in [3.05, 3.63) is 71.5 Å². The van der Waals surface area contributed by atoms with Crippen molar-refractivity contribution in [2.45, 2.75) is 13.1 Å². The fourth-order valence-corrected chi connectivity index (χ4v) is 3.46. The number of aromatic nitrogens is 2. The van der Waals surface area contributed by atoms with Gasteiger partial charge in [0.15, 0.2) is 5.69 Å². The van der Waals surface area contributed by atoms with Gasteiger partial charge in [-0.25, -0.2) is 4.68 Å². The molecule has 3 aromatic rings. The van der Waals surface area contributed by atoms with Gasteiger partial charge in [-0.15, -0.1) is 0 Å². The Morgan fingerprint density at radius 1 is 0.921 bits per heavy atom. The molecule has 0 saturated heterocycles. The van der Waals surface area contributed by atoms with Crippen LogP contribution in [-0.4, -0.2) is 73.4 Å². The van der Waals surface area contributed by atoms with Crippen molar-refractivity contribution in [1.82, 2.24) is 25.3 Å². The Labute approximate surface area is 218 Å². The Morgan fingerprint density at radius 2 is 1.53 bits per heavy atom. The molecular weight excluding hydrogens is 503 g/mol. The molecule has 2 amide bonds. The molecule has 0 aliphatic heterocycles. The lowest BCUT2D eigenvalue weighted by Crippen LogP contribution is -2.35. The number of hydrogen-bond donors (Lipinski definition) is 2. The van der Waals surface area contributed by atoms with E-state index in [4.69, 9.17) is 9.47 Å². The van der Waals surface area contributed by atoms with E-state index >= 15 is 0 Å². The van der Waals surface area contributed by atoms with E-state index in [1.54, 1.807) is 55.5 Å². The number of benzene rings is 2. The Bertz CT molecular complexity index is 1240. The maximum atomic E-state index is 13.8. The van der Waals surface area contributed by atoms with Crippen LogP contribution in [0.4, 0.5) is 13.2 Å². The molecule has 1 aromatic heterocycles. The molecule has 9 nitrogen and oxygen atoms in total. The molecule has 38 heavy (non-hydrogen) atoms. The molecule has 0 aliphatic carbocycles. The second-order valence-electron chi connectivity index (χ2n) is 8.39. The van der Waals surface area contributed by atoms with Gasteiger partial charge in [-0.05, 0) is 45.3 Å². The van der Waals surface area contributed by atoms with Gasteiger partial charge in [0.05, 0.1) is 17.7 Å². The minimum atomic E-state index is -4.87. The van der Waals surface area contributed by atoms with E-state index in [-0.39, 0.29) is 18.8 Å². The van der Waals surface area contributed by atoms with Crippen LogP contribution in [0, 0.1) is 0 Å². The van der Waals surface area contributed by atoms with Gasteiger partial charge in [0.25, 0.3) is 11.8 Å². The summed E-state index contributed by atoms with van der Waals surface area (Å²) in [6.45, 7) is 2.96. The third kappa shape index (κ3) is 7.48. The molecule has 2 aromatic carbocycles. The molecular formula is C26H30F3N5O4. The number of nitrogens with one attached hydrogen (secondary N) is 2. The Morgan fingerprint density at radius 3 is 2.16 bits per heavy atom. The lowest BCUT2D eigenvalue weighted by molar-refractivity contribution is -0.141. The first-order valence-corrected chi connectivity index (χ1v) is 11.9. The van der Waals surface area contributed by atoms with Crippen LogP contribution in [0.3, 0.4) is 0 Å². The number of carbonyl (C=O) groups is 2. The van der Waals surface area contributed by atoms with E-state index in [1.165, 1.54) is 0 Å². The summed E-state index contributed by atoms with van der Waals surface area (Å²) in [6.07, 6.45) is -3.85. The Hall–Kier alpha value is -4.06. The minimum absolute atomic E-state index is 0.0108. The Kier molecular flexibility index (Phi) is 9.72. The standard InChI is InChI=1S/C26H30F3N5O4/c1-4-37-21-11-7-5-9-18(21)24(35)30-13-14-31-25(36)19-17-34(32-23(19)26(27,28)29)20-10-6-8-12-22(20)38-16-15-33(2)3/h5-12,17H,4,13-16H2,1-3H3,(H,30,35)(H,31,36). The van der Waals surface area contributed by atoms with E-state index in [9.17, 15) is 22.8 Å². The molecule has 2 N–H and O–H groups in total. The third-order valence-corrected chi connectivity index (χ3v) is 5.26. The van der Waals surface area contributed by atoms with Crippen LogP contribution >= 0.6 is 0 Å². The molecule has 0 spiro atoms. The number of rotatable bonds is 12. The van der Waals surface area contributed by atoms with Crippen LogP contribution in [0.1, 0.15) is 33.3 Å². The highest BCUT2D eigenvalue weighted by molar-refractivity contribution is 5.97. The largest absolute Gasteiger partial charge is 0.493 e. The van der Waals surface area contributed by atoms with Crippen LogP contribution in [0.15, 0.2) is 54.7 Å². The van der Waals surface area contributed by atoms with Crippen molar-refractivity contribution in [3.63, 3.8) is 0 Å². The zero-order valence-corrected chi connectivity index (χ0v) is 21.3. The van der Waals surface area contributed by atoms with Crippen molar-refractivity contribution >= 4 is 11.8 Å². The van der Waals surface area contributed by atoms with E-state index in [0.717, 1.165) is 10.9 Å². The molecule has 0 unspecified atom stereocenters. The first-order chi connectivity index (χ1) is 18.1. The fraction of sp³-hybridized carbons (Fsp3) is 0.346. The summed E-state index contributed by atoms with van der Waals surface area (Å²) >= 11 is 0. The summed E-state index contributed by atoms with van der Waals surface area (Å²) < 4.78 is 53.4. The fourth-order valence-electron chi connectivity index (χ4n) is 3.46. The minimum Gasteiger partial charge on any atom is -0.493 e. The van der Waals surface area contributed by atoms with Crippen molar-refractivity contribution in [2.75, 3.05) is 46.9 Å². The smallest absolute Gasteiger partial charge is 0.435 e. The summed E-state index contributed by atoms with van der Waals surface area (Å²) in [4.78, 5) is 27.1. The summed E-state index contributed by atoms with van der Waals surface area (Å²) in [6, 6.07) is 13.1. The van der Waals surface area contributed by atoms with E-state index < -0.39 is 29.2 Å². The maximum absolute atomic E-state index is 13.8. The van der Waals surface area contributed by atoms with Crippen molar-refractivity contribution in [3.8, 4) is 17.2 Å². The second-order valence-corrected chi connectivity index (χ2v) is 8.39. The average Bonchev–Trinajstić information content (AvgIpc) is 3.33. The monoisotopic (exact) mass is 533 g/mol. The maximum Gasteiger partial charge on any atom is 0.435 e. The van der Waals surface area contributed by atoms with Crippen molar-refractivity contribution in [2.24, 2.45) is 0 Å². The number of nitrogens with zero attached hydrogens (tertiary/aromatic N) is 3. The number of likely N-dealkylation sites (N-methyl/N-ethyl adjacent to an activating group) is 1. The predicted octanol–water partition coefficient (Wildman–Crippen LogP) is 3.39. The normalized spacial score (nSPS) is 11.3. The van der Waals surface area contributed by atoms with E-state index in [1.807, 2.05) is 19.0 Å². The predicted molar refractivity (Wildman–Crippen MR) is 135 cm³/mol. The van der Waals surface area contributed by atoms with Crippen LogP contribution in [0.2, 0.25) is 0 Å². The molecule has 0 bridgehead atoms.